The van der Waals surface area contributed by atoms with Crippen LogP contribution in [0.4, 0.5) is 18.9 Å². The Kier molecular flexibility index (Phi) is 3.77. The van der Waals surface area contributed by atoms with Crippen molar-refractivity contribution in [1.29, 1.82) is 0 Å². The minimum atomic E-state index is -4.38. The third-order valence-electron chi connectivity index (χ3n) is 2.09. The number of anilines is 1. The molecule has 2 rings (SSSR count). The molecule has 0 atom stereocenters. The van der Waals surface area contributed by atoms with E-state index in [0.29, 0.717) is 22.1 Å². The van der Waals surface area contributed by atoms with E-state index in [0.717, 1.165) is 5.69 Å². The van der Waals surface area contributed by atoms with E-state index in [4.69, 9.17) is 11.6 Å². The Morgan fingerprint density at radius 2 is 2.11 bits per heavy atom. The highest BCUT2D eigenvalue weighted by Gasteiger charge is 2.34. The van der Waals surface area contributed by atoms with Crippen LogP contribution in [0, 0.1) is 0 Å². The number of rotatable bonds is 3. The van der Waals surface area contributed by atoms with Gasteiger partial charge in [-0.2, -0.15) is 13.2 Å². The Morgan fingerprint density at radius 3 is 2.72 bits per heavy atom. The average molecular weight is 293 g/mol. The molecular formula is C11H8ClF3N2S. The quantitative estimate of drug-likeness (QED) is 0.905. The molecule has 7 heteroatoms. The lowest BCUT2D eigenvalue weighted by Gasteiger charge is -2.04. The second kappa shape index (κ2) is 5.16. The van der Waals surface area contributed by atoms with Crippen LogP contribution in [0.1, 0.15) is 10.7 Å². The van der Waals surface area contributed by atoms with E-state index in [1.54, 1.807) is 24.3 Å². The molecular weight excluding hydrogens is 285 g/mol. The Morgan fingerprint density at radius 1 is 1.33 bits per heavy atom. The molecule has 2 nitrogen and oxygen atoms in total. The second-order valence-electron chi connectivity index (χ2n) is 3.51. The molecule has 0 saturated carbocycles. The smallest absolute Gasteiger partial charge is 0.379 e. The van der Waals surface area contributed by atoms with E-state index < -0.39 is 11.2 Å². The van der Waals surface area contributed by atoms with Gasteiger partial charge in [-0.25, -0.2) is 4.98 Å². The maximum absolute atomic E-state index is 12.3. The zero-order valence-electron chi connectivity index (χ0n) is 8.96. The fourth-order valence-electron chi connectivity index (χ4n) is 1.31. The first-order chi connectivity index (χ1) is 8.45. The van der Waals surface area contributed by atoms with Crippen LogP contribution in [0.15, 0.2) is 29.6 Å². The summed E-state index contributed by atoms with van der Waals surface area (Å²) in [6, 6.07) is 6.95. The molecule has 0 aliphatic heterocycles. The fraction of sp³-hybridized carbons (Fsp3) is 0.182. The summed E-state index contributed by atoms with van der Waals surface area (Å²) in [5, 5.41) is 4.08. The highest BCUT2D eigenvalue weighted by molar-refractivity contribution is 7.09. The third kappa shape index (κ3) is 3.36. The van der Waals surface area contributed by atoms with Crippen molar-refractivity contribution in [2.45, 2.75) is 12.7 Å². The molecule has 0 fully saturated rings. The first-order valence-corrected chi connectivity index (χ1v) is 6.22. The molecule has 0 bridgehead atoms. The molecule has 1 aromatic heterocycles. The van der Waals surface area contributed by atoms with Gasteiger partial charge in [0.15, 0.2) is 5.01 Å². The Hall–Kier alpha value is -1.27. The van der Waals surface area contributed by atoms with Gasteiger partial charge in [0.1, 0.15) is 0 Å². The summed E-state index contributed by atoms with van der Waals surface area (Å²) in [6.45, 7) is 0.229. The van der Waals surface area contributed by atoms with Crippen molar-refractivity contribution in [2.75, 3.05) is 5.32 Å². The second-order valence-corrected chi connectivity index (χ2v) is 4.80. The molecule has 0 amide bonds. The third-order valence-corrected chi connectivity index (χ3v) is 3.26. The van der Waals surface area contributed by atoms with Gasteiger partial charge in [0, 0.05) is 16.1 Å². The maximum Gasteiger partial charge on any atom is 0.443 e. The van der Waals surface area contributed by atoms with Gasteiger partial charge < -0.3 is 5.32 Å². The molecule has 96 valence electrons. The van der Waals surface area contributed by atoms with E-state index in [2.05, 4.69) is 10.3 Å². The van der Waals surface area contributed by atoms with Crippen LogP contribution in [0.25, 0.3) is 0 Å². The normalized spacial score (nSPS) is 11.6. The molecule has 1 aromatic carbocycles. The van der Waals surface area contributed by atoms with Crippen molar-refractivity contribution >= 4 is 28.6 Å². The molecule has 18 heavy (non-hydrogen) atoms. The summed E-state index contributed by atoms with van der Waals surface area (Å²) in [6.07, 6.45) is -4.38. The van der Waals surface area contributed by atoms with Crippen LogP contribution in [0.3, 0.4) is 0 Å². The predicted octanol–water partition coefficient (Wildman–Crippen LogP) is 4.43. The number of nitrogens with one attached hydrogen (secondary N) is 1. The average Bonchev–Trinajstić information content (AvgIpc) is 2.74. The molecule has 1 N–H and O–H groups in total. The van der Waals surface area contributed by atoms with Gasteiger partial charge in [-0.15, -0.1) is 11.3 Å². The molecule has 0 aliphatic carbocycles. The summed E-state index contributed by atoms with van der Waals surface area (Å²) in [7, 11) is 0. The Balaban J connectivity index is 2.01. The fourth-order valence-corrected chi connectivity index (χ4v) is 2.19. The summed E-state index contributed by atoms with van der Waals surface area (Å²) in [5.41, 5.74) is 1.09. The molecule has 0 spiro atoms. The molecule has 0 saturated heterocycles. The number of benzene rings is 1. The van der Waals surface area contributed by atoms with Crippen molar-refractivity contribution in [3.05, 3.63) is 45.4 Å². The number of hydrogen-bond acceptors (Lipinski definition) is 3. The Labute approximate surface area is 110 Å². The molecule has 0 radical (unpaired) electrons. The number of thiazole rings is 1. The molecule has 0 unspecified atom stereocenters. The zero-order valence-corrected chi connectivity index (χ0v) is 10.5. The summed E-state index contributed by atoms with van der Waals surface area (Å²) < 4.78 is 37.0. The monoisotopic (exact) mass is 292 g/mol. The SMILES string of the molecule is FC(F)(F)c1nc(CNc2cccc(Cl)c2)cs1. The van der Waals surface area contributed by atoms with Crippen molar-refractivity contribution in [3.63, 3.8) is 0 Å². The number of hydrogen-bond donors (Lipinski definition) is 1. The molecule has 0 aliphatic rings. The van der Waals surface area contributed by atoms with E-state index in [-0.39, 0.29) is 6.54 Å². The van der Waals surface area contributed by atoms with Crippen LogP contribution >= 0.6 is 22.9 Å². The first-order valence-electron chi connectivity index (χ1n) is 4.96. The van der Waals surface area contributed by atoms with Crippen LogP contribution in [-0.2, 0) is 12.7 Å². The summed E-state index contributed by atoms with van der Waals surface area (Å²) >= 11 is 6.38. The number of aromatic nitrogens is 1. The summed E-state index contributed by atoms with van der Waals surface area (Å²) in [4.78, 5) is 3.52. The van der Waals surface area contributed by atoms with Crippen molar-refractivity contribution in [2.24, 2.45) is 0 Å². The Bertz CT molecular complexity index is 539. The largest absolute Gasteiger partial charge is 0.443 e. The van der Waals surface area contributed by atoms with Crippen molar-refractivity contribution in [1.82, 2.24) is 4.98 Å². The van der Waals surface area contributed by atoms with Gasteiger partial charge >= 0.3 is 6.18 Å². The maximum atomic E-state index is 12.3. The van der Waals surface area contributed by atoms with Gasteiger partial charge in [0.25, 0.3) is 0 Å². The van der Waals surface area contributed by atoms with E-state index >= 15 is 0 Å². The number of nitrogens with zero attached hydrogens (tertiary/aromatic N) is 1. The van der Waals surface area contributed by atoms with Gasteiger partial charge in [-0.3, -0.25) is 0 Å². The standard InChI is InChI=1S/C11H8ClF3N2S/c12-7-2-1-3-8(4-7)16-5-9-6-18-10(17-9)11(13,14)15/h1-4,6,16H,5H2. The van der Waals surface area contributed by atoms with Crippen molar-refractivity contribution < 1.29 is 13.2 Å². The minimum Gasteiger partial charge on any atom is -0.379 e. The van der Waals surface area contributed by atoms with E-state index in [1.165, 1.54) is 5.38 Å². The van der Waals surface area contributed by atoms with Gasteiger partial charge in [0.05, 0.1) is 12.2 Å². The lowest BCUT2D eigenvalue weighted by Crippen LogP contribution is -2.05. The van der Waals surface area contributed by atoms with Gasteiger partial charge in [-0.05, 0) is 18.2 Å². The van der Waals surface area contributed by atoms with Crippen LogP contribution in [0.5, 0.6) is 0 Å². The highest BCUT2D eigenvalue weighted by atomic mass is 35.5. The summed E-state index contributed by atoms with van der Waals surface area (Å²) in [5.74, 6) is 0. The number of halogens is 4. The highest BCUT2D eigenvalue weighted by Crippen LogP contribution is 2.31. The van der Waals surface area contributed by atoms with E-state index in [1.807, 2.05) is 0 Å². The van der Waals surface area contributed by atoms with Crippen LogP contribution in [-0.4, -0.2) is 4.98 Å². The van der Waals surface area contributed by atoms with E-state index in [9.17, 15) is 13.2 Å². The number of alkyl halides is 3. The molecule has 2 aromatic rings. The van der Waals surface area contributed by atoms with Crippen molar-refractivity contribution in [3.8, 4) is 0 Å². The zero-order chi connectivity index (χ0) is 13.2. The lowest BCUT2D eigenvalue weighted by atomic mass is 10.3. The lowest BCUT2D eigenvalue weighted by molar-refractivity contribution is -0.137. The first kappa shape index (κ1) is 13.2. The van der Waals surface area contributed by atoms with Gasteiger partial charge in [-0.1, -0.05) is 17.7 Å². The minimum absolute atomic E-state index is 0.229. The van der Waals surface area contributed by atoms with Gasteiger partial charge in [0.2, 0.25) is 0 Å². The predicted molar refractivity (Wildman–Crippen MR) is 65.9 cm³/mol. The molecule has 1 heterocycles. The topological polar surface area (TPSA) is 24.9 Å². The van der Waals surface area contributed by atoms with Crippen LogP contribution in [0.2, 0.25) is 5.02 Å². The van der Waals surface area contributed by atoms with Crippen LogP contribution < -0.4 is 5.32 Å².